The third kappa shape index (κ3) is 6.06. The number of aromatic nitrogens is 2. The number of H-pyrrole nitrogens is 1. The number of benzene rings is 2. The van der Waals surface area contributed by atoms with Gasteiger partial charge in [-0.1, -0.05) is 31.2 Å². The van der Waals surface area contributed by atoms with Crippen molar-refractivity contribution < 1.29 is 32.3 Å². The number of nitrogens with one attached hydrogen (secondary N) is 1. The van der Waals surface area contributed by atoms with Crippen molar-refractivity contribution in [2.45, 2.75) is 6.92 Å². The topological polar surface area (TPSA) is 144 Å². The molecule has 160 valence electrons. The van der Waals surface area contributed by atoms with Crippen molar-refractivity contribution in [3.8, 4) is 11.5 Å². The molecule has 0 unspecified atom stereocenters. The number of ether oxygens (including phenoxy) is 2. The van der Waals surface area contributed by atoms with Crippen molar-refractivity contribution in [3.05, 3.63) is 53.3 Å². The molecule has 1 aromatic heterocycles. The van der Waals surface area contributed by atoms with Crippen LogP contribution in [-0.2, 0) is 10.1 Å². The molecule has 1 N–H and O–H groups in total. The number of hydrogen-bond donors (Lipinski definition) is 1. The summed E-state index contributed by atoms with van der Waals surface area (Å²) in [6.07, 6.45) is 3.61. The first-order valence-electron chi connectivity index (χ1n) is 8.72. The minimum atomic E-state index is -3.91. The Morgan fingerprint density at radius 3 is 2.37 bits per heavy atom. The fraction of sp³-hybridized carbons (Fsp3) is 0.200. The SMILES string of the molecule is CCS(=O)(=O)[O-].COc1ccc(/C=C/c2nc3c(C(=O)[O-])cccc3[nH]2)cc1OC. The second-order valence-electron chi connectivity index (χ2n) is 5.91. The summed E-state index contributed by atoms with van der Waals surface area (Å²) in [6.45, 7) is 1.31. The molecule has 0 bridgehead atoms. The largest absolute Gasteiger partial charge is 0.748 e. The Hall–Kier alpha value is -3.37. The van der Waals surface area contributed by atoms with Gasteiger partial charge in [-0.15, -0.1) is 0 Å². The Balaban J connectivity index is 0.000000469. The highest BCUT2D eigenvalue weighted by Gasteiger charge is 2.07. The van der Waals surface area contributed by atoms with Crippen LogP contribution in [0.5, 0.6) is 11.5 Å². The molecule has 10 heteroatoms. The molecule has 0 fully saturated rings. The summed E-state index contributed by atoms with van der Waals surface area (Å²) in [6, 6.07) is 10.4. The van der Waals surface area contributed by atoms with E-state index in [4.69, 9.17) is 9.47 Å². The Morgan fingerprint density at radius 1 is 1.13 bits per heavy atom. The summed E-state index contributed by atoms with van der Waals surface area (Å²) < 4.78 is 38.8. The molecule has 0 saturated carbocycles. The van der Waals surface area contributed by atoms with Crippen molar-refractivity contribution in [2.75, 3.05) is 20.0 Å². The van der Waals surface area contributed by atoms with Crippen molar-refractivity contribution in [1.82, 2.24) is 9.97 Å². The molecule has 3 rings (SSSR count). The van der Waals surface area contributed by atoms with Crippen LogP contribution in [0.15, 0.2) is 36.4 Å². The molecule has 0 aliphatic rings. The van der Waals surface area contributed by atoms with Gasteiger partial charge >= 0.3 is 0 Å². The number of fused-ring (bicyclic) bond motifs is 1. The number of aromatic amines is 1. The lowest BCUT2D eigenvalue weighted by Gasteiger charge is -2.07. The van der Waals surface area contributed by atoms with Crippen molar-refractivity contribution >= 4 is 39.3 Å². The van der Waals surface area contributed by atoms with Gasteiger partial charge in [-0.3, -0.25) is 0 Å². The van der Waals surface area contributed by atoms with Crippen LogP contribution in [0.4, 0.5) is 0 Å². The van der Waals surface area contributed by atoms with Crippen molar-refractivity contribution in [3.63, 3.8) is 0 Å². The van der Waals surface area contributed by atoms with E-state index in [9.17, 15) is 22.9 Å². The quantitative estimate of drug-likeness (QED) is 0.579. The highest BCUT2D eigenvalue weighted by Crippen LogP contribution is 2.28. The number of para-hydroxylation sites is 1. The summed E-state index contributed by atoms with van der Waals surface area (Å²) >= 11 is 0. The van der Waals surface area contributed by atoms with Gasteiger partial charge in [-0.05, 0) is 29.8 Å². The van der Waals surface area contributed by atoms with E-state index in [1.165, 1.54) is 13.0 Å². The van der Waals surface area contributed by atoms with Crippen LogP contribution in [0.2, 0.25) is 0 Å². The fourth-order valence-corrected chi connectivity index (χ4v) is 2.43. The summed E-state index contributed by atoms with van der Waals surface area (Å²) in [7, 11) is -0.757. The number of rotatable bonds is 6. The van der Waals surface area contributed by atoms with Crippen LogP contribution < -0.4 is 14.6 Å². The molecule has 0 aliphatic heterocycles. The molecule has 30 heavy (non-hydrogen) atoms. The van der Waals surface area contributed by atoms with Gasteiger partial charge in [0.1, 0.15) is 5.82 Å². The van der Waals surface area contributed by atoms with E-state index in [-0.39, 0.29) is 11.3 Å². The monoisotopic (exact) mass is 432 g/mol. The number of hydrogen-bond acceptors (Lipinski definition) is 8. The minimum Gasteiger partial charge on any atom is -0.748 e. The third-order valence-electron chi connectivity index (χ3n) is 3.95. The molecule has 0 atom stereocenters. The second-order valence-corrected chi connectivity index (χ2v) is 7.60. The van der Waals surface area contributed by atoms with Gasteiger partial charge in [0, 0.05) is 11.3 Å². The molecule has 0 spiro atoms. The smallest absolute Gasteiger partial charge is 0.161 e. The Kier molecular flexibility index (Phi) is 7.56. The maximum atomic E-state index is 11.1. The maximum absolute atomic E-state index is 11.1. The zero-order valence-corrected chi connectivity index (χ0v) is 17.4. The standard InChI is InChI=1S/C18H16N2O4.C2H6O3S/c1-23-14-8-6-11(10-15(14)24-2)7-9-16-19-13-5-3-4-12(18(21)22)17(13)20-16;1-2-6(3,4)5/h3-10H,1-2H3,(H,19,20)(H,21,22);2H2,1H3,(H,3,4,5)/p-2/b9-7+;. The van der Waals surface area contributed by atoms with E-state index < -0.39 is 16.1 Å². The predicted molar refractivity (Wildman–Crippen MR) is 109 cm³/mol. The van der Waals surface area contributed by atoms with Crippen LogP contribution in [0.25, 0.3) is 23.2 Å². The molecule has 0 amide bonds. The first-order valence-corrected chi connectivity index (χ1v) is 10.3. The zero-order valence-electron chi connectivity index (χ0n) is 16.5. The highest BCUT2D eigenvalue weighted by molar-refractivity contribution is 7.85. The third-order valence-corrected chi connectivity index (χ3v) is 4.65. The van der Waals surface area contributed by atoms with Crippen molar-refractivity contribution in [2.24, 2.45) is 0 Å². The van der Waals surface area contributed by atoms with Crippen molar-refractivity contribution in [1.29, 1.82) is 0 Å². The molecule has 0 saturated heterocycles. The molecule has 1 heterocycles. The second kappa shape index (κ2) is 9.90. The predicted octanol–water partition coefficient (Wildman–Crippen LogP) is 1.67. The van der Waals surface area contributed by atoms with Gasteiger partial charge < -0.3 is 28.9 Å². The van der Waals surface area contributed by atoms with Gasteiger partial charge in [-0.2, -0.15) is 0 Å². The lowest BCUT2D eigenvalue weighted by Crippen LogP contribution is -2.22. The number of aromatic carboxylic acids is 1. The average Bonchev–Trinajstić information content (AvgIpc) is 3.14. The van der Waals surface area contributed by atoms with Crippen LogP contribution in [0.3, 0.4) is 0 Å². The van der Waals surface area contributed by atoms with E-state index in [2.05, 4.69) is 9.97 Å². The van der Waals surface area contributed by atoms with Crippen LogP contribution >= 0.6 is 0 Å². The average molecular weight is 432 g/mol. The molecule has 0 radical (unpaired) electrons. The van der Waals surface area contributed by atoms with E-state index >= 15 is 0 Å². The van der Waals surface area contributed by atoms with Gasteiger partial charge in [0.25, 0.3) is 0 Å². The molecule has 0 aliphatic carbocycles. The number of methoxy groups -OCH3 is 2. The molecule has 2 aromatic carbocycles. The van der Waals surface area contributed by atoms with E-state index in [0.29, 0.717) is 28.4 Å². The number of carboxylic acid groups (broad SMARTS) is 1. The number of carbonyl (C=O) groups excluding carboxylic acids is 1. The summed E-state index contributed by atoms with van der Waals surface area (Å²) in [5.41, 5.74) is 1.98. The molecule has 9 nitrogen and oxygen atoms in total. The first-order chi connectivity index (χ1) is 14.2. The molecular weight excluding hydrogens is 412 g/mol. The zero-order chi connectivity index (χ0) is 22.3. The number of carbonyl (C=O) groups is 1. The van der Waals surface area contributed by atoms with E-state index in [1.54, 1.807) is 32.4 Å². The minimum absolute atomic E-state index is 0.0644. The Labute approximate surface area is 173 Å². The van der Waals surface area contributed by atoms with Gasteiger partial charge in [-0.25, -0.2) is 13.4 Å². The normalized spacial score (nSPS) is 11.2. The molecular formula is C20H20N2O7S-2. The number of carboxylic acids is 1. The summed E-state index contributed by atoms with van der Waals surface area (Å²) in [4.78, 5) is 18.5. The lowest BCUT2D eigenvalue weighted by molar-refractivity contribution is -0.254. The molecule has 3 aromatic rings. The first kappa shape index (κ1) is 22.9. The highest BCUT2D eigenvalue weighted by atomic mass is 32.2. The maximum Gasteiger partial charge on any atom is 0.161 e. The Bertz CT molecular complexity index is 1170. The fourth-order valence-electron chi connectivity index (χ4n) is 2.43. The number of imidazole rings is 1. The lowest BCUT2D eigenvalue weighted by atomic mass is 10.2. The summed E-state index contributed by atoms with van der Waals surface area (Å²) in [5, 5.41) is 11.1. The van der Waals surface area contributed by atoms with Crippen LogP contribution in [-0.4, -0.2) is 48.9 Å². The van der Waals surface area contributed by atoms with Gasteiger partial charge in [0.05, 0.1) is 41.3 Å². The van der Waals surface area contributed by atoms with E-state index in [1.807, 2.05) is 24.3 Å². The Morgan fingerprint density at radius 2 is 1.80 bits per heavy atom. The summed E-state index contributed by atoms with van der Waals surface area (Å²) in [5.74, 6) is 0.268. The van der Waals surface area contributed by atoms with Gasteiger partial charge in [0.2, 0.25) is 0 Å². The van der Waals surface area contributed by atoms with E-state index in [0.717, 1.165) is 5.56 Å². The van der Waals surface area contributed by atoms with Crippen LogP contribution in [0.1, 0.15) is 28.7 Å². The van der Waals surface area contributed by atoms with Crippen LogP contribution in [0, 0.1) is 0 Å². The van der Waals surface area contributed by atoms with Gasteiger partial charge in [0.15, 0.2) is 11.5 Å². The number of nitrogens with zero attached hydrogens (tertiary/aromatic N) is 1.